The summed E-state index contributed by atoms with van der Waals surface area (Å²) in [6, 6.07) is 11.1. The summed E-state index contributed by atoms with van der Waals surface area (Å²) in [5.41, 5.74) is 2.59. The Morgan fingerprint density at radius 1 is 1.17 bits per heavy atom. The average molecular weight is 570 g/mol. The minimum absolute atomic E-state index is 0.113. The number of methoxy groups -OCH3 is 1. The minimum atomic E-state index is -0.948. The number of carbonyl (C=O) groups is 1. The lowest BCUT2D eigenvalue weighted by Crippen LogP contribution is -2.50. The van der Waals surface area contributed by atoms with E-state index in [4.69, 9.17) is 9.72 Å². The van der Waals surface area contributed by atoms with Gasteiger partial charge in [0.2, 0.25) is 0 Å². The molecule has 1 fully saturated rings. The van der Waals surface area contributed by atoms with E-state index in [2.05, 4.69) is 35.9 Å². The molecule has 0 aromatic carbocycles. The first kappa shape index (κ1) is 27.5. The van der Waals surface area contributed by atoms with Crippen LogP contribution in [0.4, 0.5) is 16.0 Å². The summed E-state index contributed by atoms with van der Waals surface area (Å²) >= 11 is 0. The lowest BCUT2D eigenvalue weighted by atomic mass is 9.76. The van der Waals surface area contributed by atoms with Crippen LogP contribution < -0.4 is 10.6 Å². The number of nitrogens with one attached hydrogen (secondary N) is 3. The number of pyridine rings is 3. The smallest absolute Gasteiger partial charge is 0.252 e. The van der Waals surface area contributed by atoms with Gasteiger partial charge in [-0.3, -0.25) is 14.9 Å². The lowest BCUT2D eigenvalue weighted by molar-refractivity contribution is -0.148. The Morgan fingerprint density at radius 2 is 2.00 bits per heavy atom. The molecular weight excluding hydrogens is 537 g/mol. The Bertz CT molecular complexity index is 1710. The van der Waals surface area contributed by atoms with Crippen LogP contribution in [-0.4, -0.2) is 53.5 Å². The number of nitrogens with zero attached hydrogens (tertiary/aromatic N) is 6. The number of H-pyrrole nitrogens is 1. The molecule has 11 nitrogen and oxygen atoms in total. The molecule has 1 aliphatic rings. The standard InChI is InChI=1S/C30H32FN9O2/c1-18-13-25(39-38-18)36-24-14-21-5-4-12-32-27(21)28(37-24)20-8-10-30(42-3,11-9-20)29(41)35-19(2)22-6-7-26(33-15-22)40-17-23(31)16-34-40/h4-7,12-17,19-20H,8-11H2,1-3H3,(H,35,41)(H2,36,37,38,39)/t19-,20-,30-/m0/s1. The van der Waals surface area contributed by atoms with E-state index in [9.17, 15) is 9.18 Å². The molecule has 0 radical (unpaired) electrons. The van der Waals surface area contributed by atoms with Gasteiger partial charge in [0.15, 0.2) is 17.5 Å². The van der Waals surface area contributed by atoms with Crippen LogP contribution in [0.3, 0.4) is 0 Å². The topological polar surface area (TPSA) is 136 Å². The first-order valence-corrected chi connectivity index (χ1v) is 13.9. The average Bonchev–Trinajstić information content (AvgIpc) is 3.64. The number of aromatic nitrogens is 7. The van der Waals surface area contributed by atoms with Crippen molar-refractivity contribution in [1.82, 2.24) is 40.2 Å². The molecule has 0 saturated heterocycles. The number of fused-ring (bicyclic) bond motifs is 1. The van der Waals surface area contributed by atoms with Gasteiger partial charge >= 0.3 is 0 Å². The quantitative estimate of drug-likeness (QED) is 0.236. The van der Waals surface area contributed by atoms with Crippen molar-refractivity contribution in [2.45, 2.75) is 57.1 Å². The summed E-state index contributed by atoms with van der Waals surface area (Å²) in [5, 5.41) is 18.5. The molecule has 1 aliphatic carbocycles. The number of halogens is 1. The molecule has 1 amide bonds. The summed E-state index contributed by atoms with van der Waals surface area (Å²) in [4.78, 5) is 27.6. The highest BCUT2D eigenvalue weighted by atomic mass is 19.1. The van der Waals surface area contributed by atoms with E-state index in [0.717, 1.165) is 46.9 Å². The largest absolute Gasteiger partial charge is 0.368 e. The van der Waals surface area contributed by atoms with Crippen LogP contribution in [0.5, 0.6) is 0 Å². The minimum Gasteiger partial charge on any atom is -0.368 e. The molecule has 1 atom stereocenters. The molecule has 0 spiro atoms. The number of aromatic amines is 1. The number of hydrogen-bond acceptors (Lipinski definition) is 8. The van der Waals surface area contributed by atoms with Gasteiger partial charge in [0.1, 0.15) is 11.4 Å². The Balaban J connectivity index is 1.16. The van der Waals surface area contributed by atoms with Gasteiger partial charge in [0.05, 0.1) is 29.6 Å². The molecule has 0 unspecified atom stereocenters. The van der Waals surface area contributed by atoms with E-state index < -0.39 is 11.4 Å². The van der Waals surface area contributed by atoms with Gasteiger partial charge in [0, 0.05) is 42.6 Å². The zero-order valence-corrected chi connectivity index (χ0v) is 23.6. The zero-order chi connectivity index (χ0) is 29.3. The molecule has 1 saturated carbocycles. The van der Waals surface area contributed by atoms with E-state index in [1.54, 1.807) is 25.6 Å². The first-order chi connectivity index (χ1) is 20.3. The third-order valence-electron chi connectivity index (χ3n) is 7.97. The number of hydrogen-bond donors (Lipinski definition) is 3. The molecule has 216 valence electrons. The monoisotopic (exact) mass is 569 g/mol. The molecule has 5 heterocycles. The van der Waals surface area contributed by atoms with Crippen LogP contribution in [0.15, 0.2) is 61.2 Å². The summed E-state index contributed by atoms with van der Waals surface area (Å²) in [7, 11) is 1.59. The fourth-order valence-corrected chi connectivity index (χ4v) is 5.58. The molecule has 5 aromatic heterocycles. The maximum atomic E-state index is 13.6. The number of amides is 1. The molecular formula is C30H32FN9O2. The van der Waals surface area contributed by atoms with Crippen LogP contribution in [0.2, 0.25) is 0 Å². The third kappa shape index (κ3) is 5.45. The zero-order valence-electron chi connectivity index (χ0n) is 23.6. The number of ether oxygens (including phenoxy) is 1. The Kier molecular flexibility index (Phi) is 7.38. The lowest BCUT2D eigenvalue weighted by Gasteiger charge is -2.38. The van der Waals surface area contributed by atoms with E-state index in [0.29, 0.717) is 30.3 Å². The number of anilines is 2. The van der Waals surface area contributed by atoms with E-state index in [-0.39, 0.29) is 17.9 Å². The summed E-state index contributed by atoms with van der Waals surface area (Å²) in [5.74, 6) is 1.40. The second-order valence-corrected chi connectivity index (χ2v) is 10.7. The molecule has 3 N–H and O–H groups in total. The van der Waals surface area contributed by atoms with Crippen molar-refractivity contribution >= 4 is 28.4 Å². The van der Waals surface area contributed by atoms with Crippen LogP contribution in [0.1, 0.15) is 61.5 Å². The second kappa shape index (κ2) is 11.3. The predicted molar refractivity (Wildman–Crippen MR) is 155 cm³/mol. The van der Waals surface area contributed by atoms with Crippen molar-refractivity contribution in [3.05, 3.63) is 84.0 Å². The van der Waals surface area contributed by atoms with Crippen molar-refractivity contribution in [3.63, 3.8) is 0 Å². The summed E-state index contributed by atoms with van der Waals surface area (Å²) in [6.45, 7) is 3.85. The van der Waals surface area contributed by atoms with Crippen LogP contribution in [-0.2, 0) is 9.53 Å². The first-order valence-electron chi connectivity index (χ1n) is 13.9. The van der Waals surface area contributed by atoms with Crippen molar-refractivity contribution in [1.29, 1.82) is 0 Å². The Morgan fingerprint density at radius 3 is 2.67 bits per heavy atom. The number of rotatable bonds is 8. The van der Waals surface area contributed by atoms with Crippen LogP contribution in [0, 0.1) is 12.7 Å². The Labute approximate surface area is 241 Å². The highest BCUT2D eigenvalue weighted by molar-refractivity contribution is 5.86. The van der Waals surface area contributed by atoms with Crippen molar-refractivity contribution < 1.29 is 13.9 Å². The molecule has 0 bridgehead atoms. The molecule has 0 aliphatic heterocycles. The summed E-state index contributed by atoms with van der Waals surface area (Å²) in [6.07, 6.45) is 8.35. The Hall–Kier alpha value is -4.71. The highest BCUT2D eigenvalue weighted by Crippen LogP contribution is 2.41. The maximum absolute atomic E-state index is 13.6. The van der Waals surface area contributed by atoms with Gasteiger partial charge in [0.25, 0.3) is 5.91 Å². The van der Waals surface area contributed by atoms with Gasteiger partial charge < -0.3 is 15.4 Å². The molecule has 5 aromatic rings. The van der Waals surface area contributed by atoms with Crippen LogP contribution in [0.25, 0.3) is 16.7 Å². The molecule has 6 rings (SSSR count). The third-order valence-corrected chi connectivity index (χ3v) is 7.97. The fraction of sp³-hybridized carbons (Fsp3) is 0.333. The van der Waals surface area contributed by atoms with Gasteiger partial charge in [-0.1, -0.05) is 12.1 Å². The van der Waals surface area contributed by atoms with Crippen molar-refractivity contribution in [3.8, 4) is 5.82 Å². The second-order valence-electron chi connectivity index (χ2n) is 10.7. The van der Waals surface area contributed by atoms with Crippen LogP contribution >= 0.6 is 0 Å². The fourth-order valence-electron chi connectivity index (χ4n) is 5.58. The van der Waals surface area contributed by atoms with Gasteiger partial charge in [-0.15, -0.1) is 0 Å². The van der Waals surface area contributed by atoms with Gasteiger partial charge in [-0.2, -0.15) is 10.2 Å². The normalized spacial score (nSPS) is 19.5. The molecule has 42 heavy (non-hydrogen) atoms. The van der Waals surface area contributed by atoms with Crippen molar-refractivity contribution in [2.75, 3.05) is 12.4 Å². The molecule has 12 heteroatoms. The predicted octanol–water partition coefficient (Wildman–Crippen LogP) is 5.04. The van der Waals surface area contributed by atoms with E-state index in [1.807, 2.05) is 44.2 Å². The number of carbonyl (C=O) groups excluding carboxylic acids is 1. The highest BCUT2D eigenvalue weighted by Gasteiger charge is 2.43. The maximum Gasteiger partial charge on any atom is 0.252 e. The number of aryl methyl sites for hydroxylation is 1. The van der Waals surface area contributed by atoms with Crippen molar-refractivity contribution in [2.24, 2.45) is 0 Å². The summed E-state index contributed by atoms with van der Waals surface area (Å²) < 4.78 is 20.6. The van der Waals surface area contributed by atoms with Gasteiger partial charge in [-0.05, 0) is 63.3 Å². The van der Waals surface area contributed by atoms with Gasteiger partial charge in [-0.25, -0.2) is 19.0 Å². The van der Waals surface area contributed by atoms with E-state index >= 15 is 0 Å². The van der Waals surface area contributed by atoms with E-state index in [1.165, 1.54) is 10.9 Å². The SMILES string of the molecule is CO[C@]1(C(=O)N[C@@H](C)c2ccc(-n3cc(F)cn3)nc2)CC[C@@H](c2nc(Nc3cc(C)[nH]n3)cc3cccnc32)CC1.